The van der Waals surface area contributed by atoms with Crippen molar-refractivity contribution in [2.75, 3.05) is 12.4 Å². The van der Waals surface area contributed by atoms with Crippen LogP contribution in [0.3, 0.4) is 0 Å². The lowest BCUT2D eigenvalue weighted by atomic mass is 10.1. The van der Waals surface area contributed by atoms with Gasteiger partial charge in [0.05, 0.1) is 7.11 Å². The second-order valence-electron chi connectivity index (χ2n) is 7.47. The molecule has 0 heterocycles. The van der Waals surface area contributed by atoms with Gasteiger partial charge in [0.25, 0.3) is 0 Å². The maximum atomic E-state index is 13.7. The molecule has 0 aromatic heterocycles. The van der Waals surface area contributed by atoms with E-state index in [1.807, 2.05) is 6.07 Å². The zero-order valence-electron chi connectivity index (χ0n) is 18.1. The normalized spacial score (nSPS) is 12.2. The second-order valence-corrected chi connectivity index (χ2v) is 9.15. The summed E-state index contributed by atoms with van der Waals surface area (Å²) in [6, 6.07) is 16.7. The van der Waals surface area contributed by atoms with Crippen molar-refractivity contribution < 1.29 is 22.3 Å². The summed E-state index contributed by atoms with van der Waals surface area (Å²) in [5.74, 6) is -0.934. The van der Waals surface area contributed by atoms with Crippen LogP contribution in [0, 0.1) is 19.7 Å². The van der Waals surface area contributed by atoms with Gasteiger partial charge in [-0.15, -0.1) is 0 Å². The third kappa shape index (κ3) is 5.72. The van der Waals surface area contributed by atoms with Gasteiger partial charge in [-0.3, -0.25) is 4.79 Å². The fraction of sp³-hybridized carbons (Fsp3) is 0.208. The largest absolute Gasteiger partial charge is 0.495 e. The number of anilines is 1. The van der Waals surface area contributed by atoms with Gasteiger partial charge in [0.2, 0.25) is 15.9 Å². The molecule has 0 spiro atoms. The Kier molecular flexibility index (Phi) is 7.27. The molecule has 0 aliphatic heterocycles. The third-order valence-electron chi connectivity index (χ3n) is 4.96. The van der Waals surface area contributed by atoms with Gasteiger partial charge in [-0.05, 0) is 61.2 Å². The summed E-state index contributed by atoms with van der Waals surface area (Å²) in [7, 11) is -2.73. The lowest BCUT2D eigenvalue weighted by molar-refractivity contribution is -0.117. The highest BCUT2D eigenvalue weighted by Crippen LogP contribution is 2.25. The average molecular weight is 457 g/mol. The number of aryl methyl sites for hydroxylation is 2. The van der Waals surface area contributed by atoms with Crippen molar-refractivity contribution >= 4 is 21.6 Å². The van der Waals surface area contributed by atoms with Gasteiger partial charge < -0.3 is 10.1 Å². The van der Waals surface area contributed by atoms with E-state index in [0.717, 1.165) is 11.1 Å². The molecular formula is C24H25FN2O4S. The first-order chi connectivity index (χ1) is 15.2. The van der Waals surface area contributed by atoms with Crippen molar-refractivity contribution in [3.05, 3.63) is 89.2 Å². The van der Waals surface area contributed by atoms with Crippen LogP contribution in [0.2, 0.25) is 0 Å². The number of carbonyl (C=O) groups is 1. The van der Waals surface area contributed by atoms with Gasteiger partial charge in [-0.2, -0.15) is 4.72 Å². The van der Waals surface area contributed by atoms with Crippen LogP contribution in [0.15, 0.2) is 71.6 Å². The Morgan fingerprint density at radius 3 is 2.44 bits per heavy atom. The van der Waals surface area contributed by atoms with E-state index in [2.05, 4.69) is 10.0 Å². The molecule has 0 aliphatic carbocycles. The van der Waals surface area contributed by atoms with Crippen LogP contribution in [0.25, 0.3) is 0 Å². The standard InChI is InChI=1S/C24H25FN2O4S/c1-16-9-12-22(31-3)23(13-16)32(29,30)27-21(14-18-7-5-4-6-8-18)24(28)26-20-15-19(25)11-10-17(20)2/h4-13,15,21,27H,14H2,1-3H3,(H,26,28). The summed E-state index contributed by atoms with van der Waals surface area (Å²) < 4.78 is 47.8. The van der Waals surface area contributed by atoms with Crippen molar-refractivity contribution in [1.29, 1.82) is 0 Å². The monoisotopic (exact) mass is 456 g/mol. The molecule has 3 aromatic carbocycles. The average Bonchev–Trinajstić information content (AvgIpc) is 2.76. The first-order valence-electron chi connectivity index (χ1n) is 9.97. The number of hydrogen-bond acceptors (Lipinski definition) is 4. The Hall–Kier alpha value is -3.23. The van der Waals surface area contributed by atoms with Crippen molar-refractivity contribution in [3.8, 4) is 5.75 Å². The molecule has 2 N–H and O–H groups in total. The number of amides is 1. The maximum Gasteiger partial charge on any atom is 0.245 e. The van der Waals surface area contributed by atoms with Crippen molar-refractivity contribution in [2.45, 2.75) is 31.2 Å². The van der Waals surface area contributed by atoms with Crippen LogP contribution in [0.4, 0.5) is 10.1 Å². The van der Waals surface area contributed by atoms with Gasteiger partial charge in [0.1, 0.15) is 22.5 Å². The number of rotatable bonds is 8. The Bertz CT molecular complexity index is 1210. The molecule has 3 rings (SSSR count). The van der Waals surface area contributed by atoms with Crippen LogP contribution in [-0.2, 0) is 21.2 Å². The van der Waals surface area contributed by atoms with Crippen LogP contribution < -0.4 is 14.8 Å². The fourth-order valence-corrected chi connectivity index (χ4v) is 4.68. The second kappa shape index (κ2) is 9.93. The number of halogens is 1. The molecule has 168 valence electrons. The molecule has 1 unspecified atom stereocenters. The molecule has 0 saturated carbocycles. The number of methoxy groups -OCH3 is 1. The fourth-order valence-electron chi connectivity index (χ4n) is 3.23. The molecule has 0 bridgehead atoms. The minimum atomic E-state index is -4.11. The highest BCUT2D eigenvalue weighted by molar-refractivity contribution is 7.89. The predicted octanol–water partition coefficient (Wildman–Crippen LogP) is 3.98. The van der Waals surface area contributed by atoms with E-state index in [0.29, 0.717) is 5.56 Å². The van der Waals surface area contributed by atoms with Crippen molar-refractivity contribution in [2.24, 2.45) is 0 Å². The number of benzene rings is 3. The smallest absolute Gasteiger partial charge is 0.245 e. The van der Waals surface area contributed by atoms with E-state index in [4.69, 9.17) is 4.74 Å². The van der Waals surface area contributed by atoms with Gasteiger partial charge >= 0.3 is 0 Å². The Labute approximate surface area is 187 Å². The Morgan fingerprint density at radius 1 is 1.03 bits per heavy atom. The van der Waals surface area contributed by atoms with E-state index < -0.39 is 27.8 Å². The van der Waals surface area contributed by atoms with E-state index in [9.17, 15) is 17.6 Å². The Morgan fingerprint density at radius 2 is 1.75 bits per heavy atom. The number of sulfonamides is 1. The zero-order chi connectivity index (χ0) is 23.3. The molecule has 0 fully saturated rings. The molecule has 1 amide bonds. The minimum absolute atomic E-state index is 0.0622. The van der Waals surface area contributed by atoms with Gasteiger partial charge in [-0.1, -0.05) is 42.5 Å². The molecule has 0 aliphatic rings. The maximum absolute atomic E-state index is 13.7. The van der Waals surface area contributed by atoms with E-state index in [-0.39, 0.29) is 22.8 Å². The SMILES string of the molecule is COc1ccc(C)cc1S(=O)(=O)NC(Cc1ccccc1)C(=O)Nc1cc(F)ccc1C. The number of carbonyl (C=O) groups excluding carboxylic acids is 1. The van der Waals surface area contributed by atoms with Gasteiger partial charge in [0.15, 0.2) is 0 Å². The first kappa shape index (κ1) is 23.4. The van der Waals surface area contributed by atoms with E-state index in [1.165, 1.54) is 25.3 Å². The van der Waals surface area contributed by atoms with Crippen LogP contribution in [0.1, 0.15) is 16.7 Å². The Balaban J connectivity index is 1.95. The number of hydrogen-bond donors (Lipinski definition) is 2. The summed E-state index contributed by atoms with van der Waals surface area (Å²) in [6.07, 6.45) is 0.106. The minimum Gasteiger partial charge on any atom is -0.495 e. The highest BCUT2D eigenvalue weighted by Gasteiger charge is 2.28. The third-order valence-corrected chi connectivity index (χ3v) is 6.46. The summed E-state index contributed by atoms with van der Waals surface area (Å²) in [5.41, 5.74) is 2.43. The molecule has 0 radical (unpaired) electrons. The van der Waals surface area contributed by atoms with Gasteiger partial charge in [0, 0.05) is 5.69 Å². The van der Waals surface area contributed by atoms with Gasteiger partial charge in [-0.25, -0.2) is 12.8 Å². The van der Waals surface area contributed by atoms with Crippen LogP contribution in [-0.4, -0.2) is 27.5 Å². The quantitative estimate of drug-likeness (QED) is 0.537. The lowest BCUT2D eigenvalue weighted by Gasteiger charge is -2.20. The van der Waals surface area contributed by atoms with Crippen LogP contribution in [0.5, 0.6) is 5.75 Å². The first-order valence-corrected chi connectivity index (χ1v) is 11.5. The molecule has 1 atom stereocenters. The lowest BCUT2D eigenvalue weighted by Crippen LogP contribution is -2.45. The topological polar surface area (TPSA) is 84.5 Å². The van der Waals surface area contributed by atoms with Crippen molar-refractivity contribution in [3.63, 3.8) is 0 Å². The molecule has 6 nitrogen and oxygen atoms in total. The molecular weight excluding hydrogens is 431 g/mol. The van der Waals surface area contributed by atoms with E-state index >= 15 is 0 Å². The van der Waals surface area contributed by atoms with E-state index in [1.54, 1.807) is 56.3 Å². The summed E-state index contributed by atoms with van der Waals surface area (Å²) >= 11 is 0. The number of nitrogens with one attached hydrogen (secondary N) is 2. The molecule has 8 heteroatoms. The summed E-state index contributed by atoms with van der Waals surface area (Å²) in [4.78, 5) is 13.1. The molecule has 32 heavy (non-hydrogen) atoms. The molecule has 0 saturated heterocycles. The van der Waals surface area contributed by atoms with Crippen molar-refractivity contribution in [1.82, 2.24) is 4.72 Å². The summed E-state index contributed by atoms with van der Waals surface area (Å²) in [5, 5.41) is 2.65. The van der Waals surface area contributed by atoms with Crippen LogP contribution >= 0.6 is 0 Å². The zero-order valence-corrected chi connectivity index (χ0v) is 18.9. The predicted molar refractivity (Wildman–Crippen MR) is 122 cm³/mol. The summed E-state index contributed by atoms with van der Waals surface area (Å²) in [6.45, 7) is 3.49. The molecule has 3 aromatic rings. The highest BCUT2D eigenvalue weighted by atomic mass is 32.2. The number of ether oxygens (including phenoxy) is 1.